The maximum Gasteiger partial charge on any atom is 0.225 e. The summed E-state index contributed by atoms with van der Waals surface area (Å²) in [7, 11) is 1.71. The number of ether oxygens (including phenoxy) is 2. The molecule has 0 spiro atoms. The molecule has 0 N–H and O–H groups in total. The van der Waals surface area contributed by atoms with E-state index in [1.807, 2.05) is 24.5 Å². The van der Waals surface area contributed by atoms with Crippen molar-refractivity contribution >= 4 is 30.8 Å². The molecule has 8 heteroatoms. The number of nitrogens with zero attached hydrogens (tertiary/aromatic N) is 4. The molecule has 0 atom stereocenters. The third-order valence-electron chi connectivity index (χ3n) is 6.21. The van der Waals surface area contributed by atoms with Crippen LogP contribution in [0.3, 0.4) is 0 Å². The van der Waals surface area contributed by atoms with Gasteiger partial charge in [-0.3, -0.25) is 4.90 Å². The summed E-state index contributed by atoms with van der Waals surface area (Å²) in [4.78, 5) is 13.6. The first kappa shape index (κ1) is 25.1. The van der Waals surface area contributed by atoms with E-state index in [1.165, 1.54) is 22.3 Å². The molecule has 0 bridgehead atoms. The molecule has 33 heavy (non-hydrogen) atoms. The van der Waals surface area contributed by atoms with Gasteiger partial charge in [0.2, 0.25) is 5.95 Å². The lowest BCUT2D eigenvalue weighted by Crippen LogP contribution is -2.47. The van der Waals surface area contributed by atoms with Gasteiger partial charge in [-0.1, -0.05) is 30.3 Å². The smallest absolute Gasteiger partial charge is 0.225 e. The SMILES string of the molecule is COc1ccc(CCCN2CCN(c3ncccn3)CC2)c2c1OCc1ccccc1-2.Cl.Cl. The van der Waals surface area contributed by atoms with Gasteiger partial charge in [-0.2, -0.15) is 0 Å². The molecule has 0 saturated carbocycles. The number of hydrogen-bond donors (Lipinski definition) is 0. The van der Waals surface area contributed by atoms with Crippen molar-refractivity contribution in [2.45, 2.75) is 19.4 Å². The fourth-order valence-corrected chi connectivity index (χ4v) is 4.57. The average molecular weight is 489 g/mol. The third kappa shape index (κ3) is 5.35. The van der Waals surface area contributed by atoms with Crippen LogP contribution >= 0.6 is 24.8 Å². The standard InChI is InChI=1S/C25H28N4O2.2ClH/c1-30-22-10-9-19(23-21-8-3-2-6-20(21)18-31-24(22)23)7-4-13-28-14-16-29(17-15-28)25-26-11-5-12-27-25;;/h2-3,5-6,8-12H,4,7,13-18H2,1H3;2*1H. The molecule has 0 radical (unpaired) electrons. The number of halogens is 2. The van der Waals surface area contributed by atoms with Crippen molar-refractivity contribution in [3.63, 3.8) is 0 Å². The van der Waals surface area contributed by atoms with Gasteiger partial charge in [0.05, 0.1) is 7.11 Å². The molecule has 5 rings (SSSR count). The number of fused-ring (bicyclic) bond motifs is 3. The van der Waals surface area contributed by atoms with Gasteiger partial charge in [-0.15, -0.1) is 24.8 Å². The van der Waals surface area contributed by atoms with Gasteiger partial charge in [0.15, 0.2) is 11.5 Å². The van der Waals surface area contributed by atoms with E-state index in [1.54, 1.807) is 7.11 Å². The molecule has 3 heterocycles. The minimum Gasteiger partial charge on any atom is -0.493 e. The molecular weight excluding hydrogens is 459 g/mol. The third-order valence-corrected chi connectivity index (χ3v) is 6.21. The fourth-order valence-electron chi connectivity index (χ4n) is 4.57. The second-order valence-electron chi connectivity index (χ2n) is 8.06. The van der Waals surface area contributed by atoms with Crippen LogP contribution in [-0.4, -0.2) is 54.7 Å². The van der Waals surface area contributed by atoms with Crippen molar-refractivity contribution < 1.29 is 9.47 Å². The second kappa shape index (κ2) is 11.5. The van der Waals surface area contributed by atoms with Crippen LogP contribution in [0.4, 0.5) is 5.95 Å². The highest BCUT2D eigenvalue weighted by Crippen LogP contribution is 2.45. The summed E-state index contributed by atoms with van der Waals surface area (Å²) in [6.07, 6.45) is 5.76. The Kier molecular flexibility index (Phi) is 8.78. The van der Waals surface area contributed by atoms with Gasteiger partial charge in [0.25, 0.3) is 0 Å². The van der Waals surface area contributed by atoms with Crippen LogP contribution in [0.5, 0.6) is 11.5 Å². The predicted octanol–water partition coefficient (Wildman–Crippen LogP) is 4.64. The van der Waals surface area contributed by atoms with Crippen LogP contribution in [0.2, 0.25) is 0 Å². The summed E-state index contributed by atoms with van der Waals surface area (Å²) in [6.45, 7) is 5.73. The zero-order valence-electron chi connectivity index (χ0n) is 18.8. The van der Waals surface area contributed by atoms with E-state index in [-0.39, 0.29) is 24.8 Å². The van der Waals surface area contributed by atoms with Gasteiger partial charge in [0, 0.05) is 44.1 Å². The maximum absolute atomic E-state index is 6.11. The lowest BCUT2D eigenvalue weighted by atomic mass is 9.90. The fraction of sp³-hybridized carbons (Fsp3) is 0.360. The molecule has 176 valence electrons. The first-order chi connectivity index (χ1) is 15.3. The number of hydrogen-bond acceptors (Lipinski definition) is 6. The molecule has 2 aliphatic heterocycles. The largest absolute Gasteiger partial charge is 0.493 e. The molecule has 2 aliphatic rings. The Morgan fingerprint density at radius 3 is 2.45 bits per heavy atom. The number of aromatic nitrogens is 2. The zero-order chi connectivity index (χ0) is 21.0. The Balaban J connectivity index is 0.00000153. The van der Waals surface area contributed by atoms with Crippen LogP contribution in [0.15, 0.2) is 54.9 Å². The molecule has 6 nitrogen and oxygen atoms in total. The van der Waals surface area contributed by atoms with Crippen molar-refractivity contribution in [1.29, 1.82) is 0 Å². The van der Waals surface area contributed by atoms with Crippen molar-refractivity contribution in [3.8, 4) is 22.6 Å². The average Bonchev–Trinajstić information content (AvgIpc) is 2.84. The van der Waals surface area contributed by atoms with Crippen LogP contribution in [-0.2, 0) is 13.0 Å². The van der Waals surface area contributed by atoms with Gasteiger partial charge < -0.3 is 14.4 Å². The van der Waals surface area contributed by atoms with Gasteiger partial charge >= 0.3 is 0 Å². The number of aryl methyl sites for hydroxylation is 1. The summed E-state index contributed by atoms with van der Waals surface area (Å²) in [6, 6.07) is 14.6. The van der Waals surface area contributed by atoms with E-state index in [0.29, 0.717) is 6.61 Å². The highest BCUT2D eigenvalue weighted by Gasteiger charge is 2.24. The molecule has 0 amide bonds. The van der Waals surface area contributed by atoms with Crippen molar-refractivity contribution in [2.24, 2.45) is 0 Å². The number of methoxy groups -OCH3 is 1. The molecule has 1 aromatic heterocycles. The summed E-state index contributed by atoms with van der Waals surface area (Å²) in [5.41, 5.74) is 5.05. The maximum atomic E-state index is 6.11. The Hall–Kier alpha value is -2.54. The number of rotatable bonds is 6. The number of anilines is 1. The molecule has 1 fully saturated rings. The minimum atomic E-state index is 0. The quantitative estimate of drug-likeness (QED) is 0.503. The Morgan fingerprint density at radius 2 is 1.70 bits per heavy atom. The Bertz CT molecular complexity index is 1040. The topological polar surface area (TPSA) is 50.7 Å². The van der Waals surface area contributed by atoms with E-state index in [2.05, 4.69) is 50.1 Å². The zero-order valence-corrected chi connectivity index (χ0v) is 20.4. The molecule has 1 saturated heterocycles. The van der Waals surface area contributed by atoms with E-state index in [9.17, 15) is 0 Å². The lowest BCUT2D eigenvalue weighted by Gasteiger charge is -2.34. The van der Waals surface area contributed by atoms with E-state index in [0.717, 1.165) is 63.0 Å². The molecule has 3 aromatic rings. The highest BCUT2D eigenvalue weighted by molar-refractivity contribution is 5.85. The summed E-state index contributed by atoms with van der Waals surface area (Å²) in [5.74, 6) is 2.54. The van der Waals surface area contributed by atoms with Crippen molar-refractivity contribution in [2.75, 3.05) is 44.7 Å². The van der Waals surface area contributed by atoms with Crippen molar-refractivity contribution in [3.05, 3.63) is 66.0 Å². The van der Waals surface area contributed by atoms with E-state index < -0.39 is 0 Å². The molecular formula is C25H30Cl2N4O2. The van der Waals surface area contributed by atoms with Crippen LogP contribution in [0.1, 0.15) is 17.5 Å². The predicted molar refractivity (Wildman–Crippen MR) is 136 cm³/mol. The summed E-state index contributed by atoms with van der Waals surface area (Å²) < 4.78 is 11.7. The lowest BCUT2D eigenvalue weighted by molar-refractivity contribution is 0.253. The minimum absolute atomic E-state index is 0. The Morgan fingerprint density at radius 1 is 0.939 bits per heavy atom. The normalized spacial score (nSPS) is 14.8. The monoisotopic (exact) mass is 488 g/mol. The van der Waals surface area contributed by atoms with E-state index >= 15 is 0 Å². The van der Waals surface area contributed by atoms with Gasteiger partial charge in [-0.25, -0.2) is 9.97 Å². The summed E-state index contributed by atoms with van der Waals surface area (Å²) >= 11 is 0. The van der Waals surface area contributed by atoms with Crippen LogP contribution < -0.4 is 14.4 Å². The van der Waals surface area contributed by atoms with Gasteiger partial charge in [0.1, 0.15) is 6.61 Å². The highest BCUT2D eigenvalue weighted by atomic mass is 35.5. The van der Waals surface area contributed by atoms with Crippen LogP contribution in [0.25, 0.3) is 11.1 Å². The summed E-state index contributed by atoms with van der Waals surface area (Å²) in [5, 5.41) is 0. The van der Waals surface area contributed by atoms with Gasteiger partial charge in [-0.05, 0) is 48.2 Å². The molecule has 0 aliphatic carbocycles. The number of piperazine rings is 1. The van der Waals surface area contributed by atoms with Crippen molar-refractivity contribution in [1.82, 2.24) is 14.9 Å². The number of benzene rings is 2. The first-order valence-corrected chi connectivity index (χ1v) is 11.0. The Labute approximate surface area is 207 Å². The second-order valence-corrected chi connectivity index (χ2v) is 8.06. The molecule has 0 unspecified atom stereocenters. The molecule has 2 aromatic carbocycles. The first-order valence-electron chi connectivity index (χ1n) is 11.0. The van der Waals surface area contributed by atoms with E-state index in [4.69, 9.17) is 9.47 Å². The van der Waals surface area contributed by atoms with Crippen LogP contribution in [0, 0.1) is 0 Å².